The fraction of sp³-hybridized carbons (Fsp3) is 0.375. The molecule has 3 amide bonds. The van der Waals surface area contributed by atoms with E-state index < -0.39 is 11.9 Å². The number of carbonyl (C=O) groups excluding carboxylic acids is 2. The van der Waals surface area contributed by atoms with E-state index in [1.54, 1.807) is 25.9 Å². The van der Waals surface area contributed by atoms with Crippen LogP contribution >= 0.6 is 0 Å². The van der Waals surface area contributed by atoms with Crippen LogP contribution in [-0.4, -0.2) is 37.3 Å². The third-order valence-corrected chi connectivity index (χ3v) is 1.59. The van der Waals surface area contributed by atoms with Gasteiger partial charge in [0.05, 0.1) is 6.34 Å². The van der Waals surface area contributed by atoms with Crippen molar-refractivity contribution in [3.63, 3.8) is 0 Å². The number of quaternary nitrogens is 1. The molecule has 14 heavy (non-hydrogen) atoms. The Hall–Kier alpha value is -1.69. The molecule has 76 valence electrons. The van der Waals surface area contributed by atoms with Crippen LogP contribution in [0.3, 0.4) is 0 Å². The number of allylic oxidation sites excluding steroid dienone is 1. The molecule has 0 saturated heterocycles. The van der Waals surface area contributed by atoms with Crippen LogP contribution in [0.2, 0.25) is 0 Å². The summed E-state index contributed by atoms with van der Waals surface area (Å²) in [4.78, 5) is 27.8. The molecule has 1 heterocycles. The van der Waals surface area contributed by atoms with Gasteiger partial charge in [-0.25, -0.2) is 20.4 Å². The smallest absolute Gasteiger partial charge is 0.369 e. The van der Waals surface area contributed by atoms with E-state index in [4.69, 9.17) is 0 Å². The summed E-state index contributed by atoms with van der Waals surface area (Å²) >= 11 is 0. The van der Waals surface area contributed by atoms with Gasteiger partial charge in [0, 0.05) is 21.0 Å². The lowest BCUT2D eigenvalue weighted by atomic mass is 10.3. The normalized spacial score (nSPS) is 17.6. The molecule has 0 aromatic heterocycles. The zero-order valence-corrected chi connectivity index (χ0v) is 8.37. The van der Waals surface area contributed by atoms with Gasteiger partial charge in [-0.3, -0.25) is 4.79 Å². The molecule has 1 aliphatic rings. The minimum absolute atomic E-state index is 0.276. The van der Waals surface area contributed by atoms with E-state index in [-0.39, 0.29) is 5.70 Å². The molecule has 0 bridgehead atoms. The minimum atomic E-state index is -0.451. The monoisotopic (exact) mass is 197 g/mol. The fourth-order valence-corrected chi connectivity index (χ4v) is 0.985. The third kappa shape index (κ3) is 2.40. The Morgan fingerprint density at radius 2 is 2.07 bits per heavy atom. The minimum Gasteiger partial charge on any atom is -0.369 e. The van der Waals surface area contributed by atoms with Crippen LogP contribution in [0.1, 0.15) is 6.92 Å². The second-order valence-electron chi connectivity index (χ2n) is 3.20. The van der Waals surface area contributed by atoms with Gasteiger partial charge in [0.2, 0.25) is 0 Å². The first-order valence-electron chi connectivity index (χ1n) is 4.12. The predicted molar refractivity (Wildman–Crippen MR) is 50.3 cm³/mol. The summed E-state index contributed by atoms with van der Waals surface area (Å²) in [5.41, 5.74) is 0.857. The van der Waals surface area contributed by atoms with Crippen LogP contribution < -0.4 is 10.6 Å². The first kappa shape index (κ1) is 10.4. The number of urea groups is 1. The summed E-state index contributed by atoms with van der Waals surface area (Å²) in [5.74, 6) is -0.451. The molecule has 0 radical (unpaired) electrons. The summed E-state index contributed by atoms with van der Waals surface area (Å²) in [6, 6.07) is -0.392. The quantitative estimate of drug-likeness (QED) is 0.423. The molecule has 0 fully saturated rings. The molecule has 0 unspecified atom stereocenters. The number of hydrogen-bond donors (Lipinski definition) is 2. The molecule has 0 aliphatic carbocycles. The highest BCUT2D eigenvalue weighted by Crippen LogP contribution is 2.01. The molecule has 0 saturated carbocycles. The van der Waals surface area contributed by atoms with Crippen LogP contribution in [-0.2, 0) is 4.79 Å². The lowest BCUT2D eigenvalue weighted by Crippen LogP contribution is -2.91. The Kier molecular flexibility index (Phi) is 2.98. The van der Waals surface area contributed by atoms with Crippen LogP contribution in [0.4, 0.5) is 4.79 Å². The van der Waals surface area contributed by atoms with Crippen LogP contribution in [0.5, 0.6) is 0 Å². The highest BCUT2D eigenvalue weighted by molar-refractivity contribution is 6.04. The van der Waals surface area contributed by atoms with E-state index in [2.05, 4.69) is 10.3 Å². The van der Waals surface area contributed by atoms with Crippen molar-refractivity contribution in [1.29, 1.82) is 0 Å². The molecule has 1 rings (SSSR count). The van der Waals surface area contributed by atoms with Gasteiger partial charge in [0.1, 0.15) is 5.70 Å². The number of nitrogens with zero attached hydrogens (tertiary/aromatic N) is 2. The van der Waals surface area contributed by atoms with Crippen molar-refractivity contribution < 1.29 is 14.9 Å². The van der Waals surface area contributed by atoms with Crippen molar-refractivity contribution >= 4 is 18.3 Å². The first-order valence-corrected chi connectivity index (χ1v) is 4.12. The maximum absolute atomic E-state index is 11.3. The van der Waals surface area contributed by atoms with E-state index in [9.17, 15) is 9.59 Å². The summed E-state index contributed by atoms with van der Waals surface area (Å²) in [6.45, 7) is 1.68. The summed E-state index contributed by atoms with van der Waals surface area (Å²) in [7, 11) is 3.60. The Balaban J connectivity index is 2.90. The Morgan fingerprint density at radius 3 is 2.57 bits per heavy atom. The third-order valence-electron chi connectivity index (χ3n) is 1.59. The molecule has 0 aromatic rings. The Labute approximate surface area is 81.7 Å². The SMILES string of the molecule is CC1=C(N=CN(C)C)C(=O)NC(=O)[NH2+]1. The van der Waals surface area contributed by atoms with E-state index in [1.165, 1.54) is 11.7 Å². The van der Waals surface area contributed by atoms with Gasteiger partial charge in [-0.1, -0.05) is 0 Å². The number of primary amides is 1. The van der Waals surface area contributed by atoms with Gasteiger partial charge in [-0.2, -0.15) is 0 Å². The number of imide groups is 1. The van der Waals surface area contributed by atoms with Crippen molar-refractivity contribution in [3.05, 3.63) is 11.4 Å². The van der Waals surface area contributed by atoms with Crippen LogP contribution in [0.15, 0.2) is 16.4 Å². The summed E-state index contributed by atoms with van der Waals surface area (Å²) < 4.78 is 0. The van der Waals surface area contributed by atoms with Crippen LogP contribution in [0.25, 0.3) is 0 Å². The maximum atomic E-state index is 11.3. The molecule has 3 N–H and O–H groups in total. The molecule has 0 atom stereocenters. The number of carbonyl (C=O) groups is 2. The second-order valence-corrected chi connectivity index (χ2v) is 3.20. The van der Waals surface area contributed by atoms with Gasteiger partial charge in [0.15, 0.2) is 5.70 Å². The molecule has 0 spiro atoms. The average molecular weight is 197 g/mol. The van der Waals surface area contributed by atoms with Crippen molar-refractivity contribution in [2.24, 2.45) is 4.99 Å². The van der Waals surface area contributed by atoms with Gasteiger partial charge in [-0.15, -0.1) is 0 Å². The molecule has 6 nitrogen and oxygen atoms in total. The summed E-state index contributed by atoms with van der Waals surface area (Å²) in [6.07, 6.45) is 1.52. The lowest BCUT2D eigenvalue weighted by Gasteiger charge is -2.11. The zero-order chi connectivity index (χ0) is 10.7. The fourth-order valence-electron chi connectivity index (χ4n) is 0.985. The van der Waals surface area contributed by atoms with Crippen LogP contribution in [0, 0.1) is 0 Å². The van der Waals surface area contributed by atoms with E-state index in [0.717, 1.165) is 0 Å². The van der Waals surface area contributed by atoms with E-state index in [0.29, 0.717) is 5.70 Å². The van der Waals surface area contributed by atoms with Crippen molar-refractivity contribution in [2.75, 3.05) is 14.1 Å². The number of aliphatic imine (C=N–C) groups is 1. The lowest BCUT2D eigenvalue weighted by molar-refractivity contribution is -0.504. The molecular formula is C8H13N4O2+. The van der Waals surface area contributed by atoms with E-state index in [1.807, 2.05) is 0 Å². The van der Waals surface area contributed by atoms with Gasteiger partial charge in [0.25, 0.3) is 5.91 Å². The highest BCUT2D eigenvalue weighted by atomic mass is 16.2. The molecule has 0 aromatic carbocycles. The average Bonchev–Trinajstić information content (AvgIpc) is 2.01. The van der Waals surface area contributed by atoms with Crippen molar-refractivity contribution in [1.82, 2.24) is 10.2 Å². The Morgan fingerprint density at radius 1 is 1.43 bits per heavy atom. The number of nitrogens with two attached hydrogens (primary N) is 1. The maximum Gasteiger partial charge on any atom is 0.425 e. The zero-order valence-electron chi connectivity index (χ0n) is 8.37. The van der Waals surface area contributed by atoms with Gasteiger partial charge < -0.3 is 4.90 Å². The predicted octanol–water partition coefficient (Wildman–Crippen LogP) is -1.38. The summed E-state index contributed by atoms with van der Waals surface area (Å²) in [5, 5.41) is 3.51. The van der Waals surface area contributed by atoms with Crippen molar-refractivity contribution in [2.45, 2.75) is 6.92 Å². The second kappa shape index (κ2) is 4.01. The molecule has 1 aliphatic heterocycles. The van der Waals surface area contributed by atoms with Crippen molar-refractivity contribution in [3.8, 4) is 0 Å². The molecular weight excluding hydrogens is 184 g/mol. The highest BCUT2D eigenvalue weighted by Gasteiger charge is 2.26. The largest absolute Gasteiger partial charge is 0.425 e. The number of hydrogen-bond acceptors (Lipinski definition) is 3. The standard InChI is InChI=1S/C8H12N4O2/c1-5-6(9-4-12(2)3)7(13)11-8(14)10-5/h4H,1-3H3,(H2,10,11,13,14)/p+1. The number of nitrogens with one attached hydrogen (secondary N) is 1. The first-order chi connectivity index (χ1) is 6.50. The number of rotatable bonds is 2. The Bertz CT molecular complexity index is 330. The topological polar surface area (TPSA) is 78.4 Å². The van der Waals surface area contributed by atoms with Gasteiger partial charge in [-0.05, 0) is 0 Å². The van der Waals surface area contributed by atoms with E-state index >= 15 is 0 Å². The number of amides is 3. The van der Waals surface area contributed by atoms with Gasteiger partial charge >= 0.3 is 6.03 Å². The molecule has 6 heteroatoms.